The van der Waals surface area contributed by atoms with Gasteiger partial charge in [0.15, 0.2) is 5.89 Å². The Balaban J connectivity index is 2.13. The molecule has 5 heteroatoms. The van der Waals surface area contributed by atoms with Crippen LogP contribution < -0.4 is 0 Å². The van der Waals surface area contributed by atoms with Crippen LogP contribution >= 0.6 is 0 Å². The number of carbonyl (C=O) groups is 2. The highest BCUT2D eigenvalue weighted by atomic mass is 16.4. The van der Waals surface area contributed by atoms with Gasteiger partial charge in [-0.05, 0) is 6.92 Å². The van der Waals surface area contributed by atoms with Gasteiger partial charge in [0.2, 0.25) is 5.78 Å². The van der Waals surface area contributed by atoms with Crippen LogP contribution in [0.1, 0.15) is 23.8 Å². The average Bonchev–Trinajstić information content (AvgIpc) is 2.64. The van der Waals surface area contributed by atoms with E-state index in [4.69, 9.17) is 4.42 Å². The van der Waals surface area contributed by atoms with Crippen molar-refractivity contribution in [2.24, 2.45) is 0 Å². The Morgan fingerprint density at radius 3 is 2.60 bits per heavy atom. The third kappa shape index (κ3) is 1.77. The standard InChI is InChI=1S/C10H12N2O3/c1-6-9(15-7(2)11-6)5-12-4-3-8(13)10(12)14/h3-5H2,1-2H3. The van der Waals surface area contributed by atoms with Crippen LogP contribution in [-0.2, 0) is 16.1 Å². The summed E-state index contributed by atoms with van der Waals surface area (Å²) in [5.41, 5.74) is 0.777. The molecule has 0 bridgehead atoms. The summed E-state index contributed by atoms with van der Waals surface area (Å²) in [5, 5.41) is 0. The number of nitrogens with zero attached hydrogens (tertiary/aromatic N) is 2. The molecule has 1 aromatic heterocycles. The molecule has 1 aliphatic rings. The van der Waals surface area contributed by atoms with E-state index in [1.165, 1.54) is 4.90 Å². The average molecular weight is 208 g/mol. The maximum absolute atomic E-state index is 11.3. The molecule has 2 heterocycles. The van der Waals surface area contributed by atoms with Crippen molar-refractivity contribution in [3.05, 3.63) is 17.3 Å². The van der Waals surface area contributed by atoms with Crippen molar-refractivity contribution < 1.29 is 14.0 Å². The number of oxazole rings is 1. The molecular weight excluding hydrogens is 196 g/mol. The van der Waals surface area contributed by atoms with Crippen molar-refractivity contribution >= 4 is 11.7 Å². The normalized spacial score (nSPS) is 16.5. The summed E-state index contributed by atoms with van der Waals surface area (Å²) in [6.45, 7) is 4.41. The van der Waals surface area contributed by atoms with Gasteiger partial charge in [0.05, 0.1) is 12.2 Å². The van der Waals surface area contributed by atoms with Gasteiger partial charge in [-0.2, -0.15) is 0 Å². The molecular formula is C10H12N2O3. The molecule has 1 saturated heterocycles. The number of ketones is 1. The van der Waals surface area contributed by atoms with Crippen molar-refractivity contribution in [2.75, 3.05) is 6.54 Å². The summed E-state index contributed by atoms with van der Waals surface area (Å²) in [5.74, 6) is 0.517. The zero-order valence-corrected chi connectivity index (χ0v) is 8.74. The number of carbonyl (C=O) groups excluding carboxylic acids is 2. The highest BCUT2D eigenvalue weighted by molar-refractivity contribution is 6.37. The number of Topliss-reactive ketones (excluding diaryl/α,β-unsaturated/α-hetero) is 1. The van der Waals surface area contributed by atoms with Crippen molar-refractivity contribution in [1.29, 1.82) is 0 Å². The Morgan fingerprint density at radius 1 is 1.40 bits per heavy atom. The van der Waals surface area contributed by atoms with E-state index in [0.29, 0.717) is 31.2 Å². The van der Waals surface area contributed by atoms with Gasteiger partial charge < -0.3 is 9.32 Å². The molecule has 0 aromatic carbocycles. The first-order valence-corrected chi connectivity index (χ1v) is 4.83. The monoisotopic (exact) mass is 208 g/mol. The van der Waals surface area contributed by atoms with Crippen LogP contribution in [0.4, 0.5) is 0 Å². The second-order valence-corrected chi connectivity index (χ2v) is 3.64. The molecule has 80 valence electrons. The first-order valence-electron chi connectivity index (χ1n) is 4.83. The maximum Gasteiger partial charge on any atom is 0.290 e. The smallest absolute Gasteiger partial charge is 0.290 e. The van der Waals surface area contributed by atoms with Crippen LogP contribution in [0.5, 0.6) is 0 Å². The van der Waals surface area contributed by atoms with Gasteiger partial charge in [-0.1, -0.05) is 0 Å². The van der Waals surface area contributed by atoms with Gasteiger partial charge in [-0.25, -0.2) is 4.98 Å². The molecule has 0 atom stereocenters. The van der Waals surface area contributed by atoms with Crippen LogP contribution in [-0.4, -0.2) is 28.1 Å². The number of rotatable bonds is 2. The number of hydrogen-bond acceptors (Lipinski definition) is 4. The fourth-order valence-corrected chi connectivity index (χ4v) is 1.67. The first-order chi connectivity index (χ1) is 7.08. The molecule has 15 heavy (non-hydrogen) atoms. The Bertz CT molecular complexity index is 422. The summed E-state index contributed by atoms with van der Waals surface area (Å²) >= 11 is 0. The van der Waals surface area contributed by atoms with Crippen molar-refractivity contribution in [1.82, 2.24) is 9.88 Å². The Hall–Kier alpha value is -1.65. The summed E-state index contributed by atoms with van der Waals surface area (Å²) in [6.07, 6.45) is 0.311. The Morgan fingerprint density at radius 2 is 2.13 bits per heavy atom. The Kier molecular flexibility index (Phi) is 2.30. The van der Waals surface area contributed by atoms with Gasteiger partial charge in [0, 0.05) is 19.9 Å². The predicted octanol–water partition coefficient (Wildman–Crippen LogP) is 0.593. The van der Waals surface area contributed by atoms with Crippen molar-refractivity contribution in [3.8, 4) is 0 Å². The summed E-state index contributed by atoms with van der Waals surface area (Å²) in [6, 6.07) is 0. The maximum atomic E-state index is 11.3. The molecule has 0 aliphatic carbocycles. The van der Waals surface area contributed by atoms with Crippen LogP contribution in [0, 0.1) is 13.8 Å². The van der Waals surface area contributed by atoms with Crippen molar-refractivity contribution in [3.63, 3.8) is 0 Å². The van der Waals surface area contributed by atoms with E-state index in [2.05, 4.69) is 4.98 Å². The zero-order valence-electron chi connectivity index (χ0n) is 8.74. The van der Waals surface area contributed by atoms with Gasteiger partial charge in [0.1, 0.15) is 5.76 Å². The summed E-state index contributed by atoms with van der Waals surface area (Å²) < 4.78 is 5.34. The zero-order chi connectivity index (χ0) is 11.0. The van der Waals surface area contributed by atoms with E-state index >= 15 is 0 Å². The van der Waals surface area contributed by atoms with Crippen LogP contribution in [0.25, 0.3) is 0 Å². The molecule has 1 fully saturated rings. The SMILES string of the molecule is Cc1nc(C)c(CN2CCC(=O)C2=O)o1. The number of aryl methyl sites for hydroxylation is 2. The highest BCUT2D eigenvalue weighted by Gasteiger charge is 2.30. The number of aromatic nitrogens is 1. The van der Waals surface area contributed by atoms with Gasteiger partial charge in [-0.3, -0.25) is 9.59 Å². The van der Waals surface area contributed by atoms with Gasteiger partial charge in [0.25, 0.3) is 5.91 Å². The fraction of sp³-hybridized carbons (Fsp3) is 0.500. The molecule has 0 saturated carbocycles. The lowest BCUT2D eigenvalue weighted by atomic mass is 10.3. The lowest BCUT2D eigenvalue weighted by molar-refractivity contribution is -0.140. The van der Waals surface area contributed by atoms with Gasteiger partial charge >= 0.3 is 0 Å². The molecule has 0 radical (unpaired) electrons. The largest absolute Gasteiger partial charge is 0.444 e. The minimum Gasteiger partial charge on any atom is -0.444 e. The predicted molar refractivity (Wildman–Crippen MR) is 51.0 cm³/mol. The lowest BCUT2D eigenvalue weighted by Crippen LogP contribution is -2.26. The fourth-order valence-electron chi connectivity index (χ4n) is 1.67. The van der Waals surface area contributed by atoms with E-state index in [9.17, 15) is 9.59 Å². The minimum absolute atomic E-state index is 0.311. The molecule has 0 spiro atoms. The van der Waals surface area contributed by atoms with E-state index in [-0.39, 0.29) is 5.78 Å². The van der Waals surface area contributed by atoms with E-state index in [1.807, 2.05) is 6.92 Å². The molecule has 2 rings (SSSR count). The van der Waals surface area contributed by atoms with Crippen LogP contribution in [0.15, 0.2) is 4.42 Å². The Labute approximate surface area is 87.1 Å². The second-order valence-electron chi connectivity index (χ2n) is 3.64. The van der Waals surface area contributed by atoms with Crippen LogP contribution in [0.3, 0.4) is 0 Å². The molecule has 0 unspecified atom stereocenters. The molecule has 1 aliphatic heterocycles. The minimum atomic E-state index is -0.413. The number of likely N-dealkylation sites (tertiary alicyclic amines) is 1. The van der Waals surface area contributed by atoms with Crippen LogP contribution in [0.2, 0.25) is 0 Å². The topological polar surface area (TPSA) is 63.4 Å². The lowest BCUT2D eigenvalue weighted by Gasteiger charge is -2.12. The highest BCUT2D eigenvalue weighted by Crippen LogP contribution is 2.15. The number of amides is 1. The van der Waals surface area contributed by atoms with E-state index < -0.39 is 5.91 Å². The number of hydrogen-bond donors (Lipinski definition) is 0. The summed E-state index contributed by atoms with van der Waals surface area (Å²) in [7, 11) is 0. The quantitative estimate of drug-likeness (QED) is 0.667. The third-order valence-corrected chi connectivity index (χ3v) is 2.47. The molecule has 1 aromatic rings. The second kappa shape index (κ2) is 3.49. The van der Waals surface area contributed by atoms with E-state index in [1.54, 1.807) is 6.92 Å². The van der Waals surface area contributed by atoms with E-state index in [0.717, 1.165) is 5.69 Å². The molecule has 0 N–H and O–H groups in total. The third-order valence-electron chi connectivity index (χ3n) is 2.47. The summed E-state index contributed by atoms with van der Waals surface area (Å²) in [4.78, 5) is 28.0. The van der Waals surface area contributed by atoms with Gasteiger partial charge in [-0.15, -0.1) is 0 Å². The molecule has 5 nitrogen and oxygen atoms in total. The first kappa shape index (κ1) is 9.89. The van der Waals surface area contributed by atoms with Crippen molar-refractivity contribution in [2.45, 2.75) is 26.8 Å². The molecule has 1 amide bonds.